The van der Waals surface area contributed by atoms with Crippen LogP contribution in [0.2, 0.25) is 0 Å². The monoisotopic (exact) mass is 298 g/mol. The topological polar surface area (TPSA) is 41.6 Å². The minimum atomic E-state index is -0.501. The maximum atomic E-state index is 12.2. The van der Waals surface area contributed by atoms with Crippen LogP contribution in [0.15, 0.2) is 0 Å². The zero-order valence-corrected chi connectivity index (χ0v) is 14.4. The Morgan fingerprint density at radius 1 is 1.24 bits per heavy atom. The average Bonchev–Trinajstić information content (AvgIpc) is 3.25. The fraction of sp³-hybridized carbons (Fsp3) is 0.941. The summed E-state index contributed by atoms with van der Waals surface area (Å²) in [4.78, 5) is 14.6. The van der Waals surface area contributed by atoms with Crippen molar-refractivity contribution in [2.45, 2.75) is 77.3 Å². The van der Waals surface area contributed by atoms with Crippen LogP contribution in [0.1, 0.15) is 65.7 Å². The molecule has 0 saturated heterocycles. The molecule has 0 aromatic rings. The third-order valence-electron chi connectivity index (χ3n) is 4.19. The maximum Gasteiger partial charge on any atom is 0.326 e. The Balaban J connectivity index is 2.30. The Bertz CT molecular complexity index is 305. The van der Waals surface area contributed by atoms with Gasteiger partial charge in [0.2, 0.25) is 0 Å². The molecule has 1 N–H and O–H groups in total. The number of carbonyl (C=O) groups excluding carboxylic acids is 1. The van der Waals surface area contributed by atoms with Crippen molar-refractivity contribution in [2.24, 2.45) is 0 Å². The van der Waals surface area contributed by atoms with Crippen LogP contribution in [0, 0.1) is 0 Å². The van der Waals surface area contributed by atoms with Crippen LogP contribution in [0.3, 0.4) is 0 Å². The van der Waals surface area contributed by atoms with Crippen molar-refractivity contribution in [3.63, 3.8) is 0 Å². The van der Waals surface area contributed by atoms with E-state index >= 15 is 0 Å². The van der Waals surface area contributed by atoms with Crippen molar-refractivity contribution in [2.75, 3.05) is 26.7 Å². The van der Waals surface area contributed by atoms with Crippen LogP contribution >= 0.6 is 0 Å². The van der Waals surface area contributed by atoms with Gasteiger partial charge in [0.15, 0.2) is 0 Å². The van der Waals surface area contributed by atoms with E-state index in [2.05, 4.69) is 24.2 Å². The van der Waals surface area contributed by atoms with E-state index in [4.69, 9.17) is 4.74 Å². The SMILES string of the molecule is CCCCN(C)CCCCC(C)(NC1CC1)C(=O)OCC. The fourth-order valence-electron chi connectivity index (χ4n) is 2.60. The summed E-state index contributed by atoms with van der Waals surface area (Å²) >= 11 is 0. The highest BCUT2D eigenvalue weighted by Gasteiger charge is 2.39. The molecule has 0 heterocycles. The molecule has 1 atom stereocenters. The molecule has 21 heavy (non-hydrogen) atoms. The highest BCUT2D eigenvalue weighted by atomic mass is 16.5. The van der Waals surface area contributed by atoms with Crippen molar-refractivity contribution in [3.05, 3.63) is 0 Å². The first-order valence-corrected chi connectivity index (χ1v) is 8.65. The number of rotatable bonds is 12. The van der Waals surface area contributed by atoms with Crippen LogP contribution in [-0.4, -0.2) is 49.2 Å². The van der Waals surface area contributed by atoms with Gasteiger partial charge >= 0.3 is 5.97 Å². The van der Waals surface area contributed by atoms with Gasteiger partial charge in [-0.15, -0.1) is 0 Å². The van der Waals surface area contributed by atoms with Gasteiger partial charge in [-0.25, -0.2) is 0 Å². The molecular weight excluding hydrogens is 264 g/mol. The fourth-order valence-corrected chi connectivity index (χ4v) is 2.60. The molecule has 1 unspecified atom stereocenters. The number of nitrogens with one attached hydrogen (secondary N) is 1. The second-order valence-electron chi connectivity index (χ2n) is 6.59. The predicted octanol–water partition coefficient (Wildman–Crippen LogP) is 2.96. The molecule has 0 aliphatic heterocycles. The van der Waals surface area contributed by atoms with Gasteiger partial charge in [-0.1, -0.05) is 13.3 Å². The molecular formula is C17H34N2O2. The van der Waals surface area contributed by atoms with Crippen molar-refractivity contribution < 1.29 is 9.53 Å². The standard InChI is InChI=1S/C17H34N2O2/c1-5-7-13-19(4)14-9-8-12-17(3,16(20)21-6-2)18-15-10-11-15/h15,18H,5-14H2,1-4H3. The normalized spacial score (nSPS) is 17.8. The molecule has 0 aromatic heterocycles. The van der Waals surface area contributed by atoms with E-state index in [0.717, 1.165) is 25.8 Å². The summed E-state index contributed by atoms with van der Waals surface area (Å²) in [5.41, 5.74) is -0.501. The van der Waals surface area contributed by atoms with Gasteiger partial charge in [-0.3, -0.25) is 10.1 Å². The van der Waals surface area contributed by atoms with Crippen LogP contribution in [0.5, 0.6) is 0 Å². The lowest BCUT2D eigenvalue weighted by Crippen LogP contribution is -2.51. The van der Waals surface area contributed by atoms with Crippen molar-refractivity contribution in [1.82, 2.24) is 10.2 Å². The Morgan fingerprint density at radius 2 is 1.90 bits per heavy atom. The lowest BCUT2D eigenvalue weighted by atomic mass is 9.94. The number of nitrogens with zero attached hydrogens (tertiary/aromatic N) is 1. The van der Waals surface area contributed by atoms with E-state index in [9.17, 15) is 4.79 Å². The molecule has 1 rings (SSSR count). The molecule has 1 aliphatic rings. The lowest BCUT2D eigenvalue weighted by Gasteiger charge is -2.29. The van der Waals surface area contributed by atoms with Crippen LogP contribution in [-0.2, 0) is 9.53 Å². The molecule has 1 saturated carbocycles. The smallest absolute Gasteiger partial charge is 0.326 e. The van der Waals surface area contributed by atoms with Gasteiger partial charge in [0.05, 0.1) is 6.61 Å². The first kappa shape index (κ1) is 18.4. The lowest BCUT2D eigenvalue weighted by molar-refractivity contribution is -0.151. The largest absolute Gasteiger partial charge is 0.465 e. The first-order chi connectivity index (χ1) is 10.0. The predicted molar refractivity (Wildman–Crippen MR) is 87.5 cm³/mol. The van der Waals surface area contributed by atoms with Gasteiger partial charge in [0.1, 0.15) is 5.54 Å². The van der Waals surface area contributed by atoms with Gasteiger partial charge in [-0.2, -0.15) is 0 Å². The Labute approximate surface area is 130 Å². The quantitative estimate of drug-likeness (QED) is 0.444. The maximum absolute atomic E-state index is 12.2. The van der Waals surface area contributed by atoms with E-state index in [1.165, 1.54) is 32.2 Å². The number of ether oxygens (including phenoxy) is 1. The van der Waals surface area contributed by atoms with E-state index in [-0.39, 0.29) is 5.97 Å². The Hall–Kier alpha value is -0.610. The van der Waals surface area contributed by atoms with E-state index < -0.39 is 5.54 Å². The van der Waals surface area contributed by atoms with E-state index in [0.29, 0.717) is 12.6 Å². The molecule has 124 valence electrons. The molecule has 4 heteroatoms. The molecule has 0 bridgehead atoms. The summed E-state index contributed by atoms with van der Waals surface area (Å²) < 4.78 is 5.26. The zero-order chi connectivity index (χ0) is 15.7. The molecule has 0 spiro atoms. The van der Waals surface area contributed by atoms with Crippen molar-refractivity contribution in [3.8, 4) is 0 Å². The van der Waals surface area contributed by atoms with Crippen molar-refractivity contribution >= 4 is 5.97 Å². The molecule has 4 nitrogen and oxygen atoms in total. The Kier molecular flexibility index (Phi) is 8.27. The molecule has 0 radical (unpaired) electrons. The van der Waals surface area contributed by atoms with Gasteiger partial charge in [0, 0.05) is 6.04 Å². The van der Waals surface area contributed by atoms with Gasteiger partial charge < -0.3 is 9.64 Å². The van der Waals surface area contributed by atoms with Crippen molar-refractivity contribution in [1.29, 1.82) is 0 Å². The molecule has 1 aliphatic carbocycles. The summed E-state index contributed by atoms with van der Waals surface area (Å²) in [5, 5.41) is 3.49. The minimum Gasteiger partial charge on any atom is -0.465 e. The van der Waals surface area contributed by atoms with Crippen LogP contribution in [0.4, 0.5) is 0 Å². The highest BCUT2D eigenvalue weighted by Crippen LogP contribution is 2.26. The first-order valence-electron chi connectivity index (χ1n) is 8.65. The zero-order valence-electron chi connectivity index (χ0n) is 14.4. The summed E-state index contributed by atoms with van der Waals surface area (Å²) in [6, 6.07) is 0.520. The number of hydrogen-bond donors (Lipinski definition) is 1. The molecule has 0 aromatic carbocycles. The summed E-state index contributed by atoms with van der Waals surface area (Å²) in [5.74, 6) is -0.0868. The highest BCUT2D eigenvalue weighted by molar-refractivity contribution is 5.80. The van der Waals surface area contributed by atoms with Gasteiger partial charge in [0.25, 0.3) is 0 Å². The second kappa shape index (κ2) is 9.42. The molecule has 0 amide bonds. The third-order valence-corrected chi connectivity index (χ3v) is 4.19. The molecule has 1 fully saturated rings. The van der Waals surface area contributed by atoms with E-state index in [1.54, 1.807) is 0 Å². The van der Waals surface area contributed by atoms with E-state index in [1.807, 2.05) is 13.8 Å². The summed E-state index contributed by atoms with van der Waals surface area (Å²) in [6.45, 7) is 8.85. The summed E-state index contributed by atoms with van der Waals surface area (Å²) in [6.07, 6.45) is 7.96. The van der Waals surface area contributed by atoms with Crippen LogP contribution in [0.25, 0.3) is 0 Å². The number of carbonyl (C=O) groups is 1. The third kappa shape index (κ3) is 7.28. The number of esters is 1. The Morgan fingerprint density at radius 3 is 2.48 bits per heavy atom. The average molecular weight is 298 g/mol. The summed E-state index contributed by atoms with van der Waals surface area (Å²) in [7, 11) is 2.18. The minimum absolute atomic E-state index is 0.0868. The van der Waals surface area contributed by atoms with Gasteiger partial charge in [-0.05, 0) is 72.5 Å². The van der Waals surface area contributed by atoms with Crippen LogP contribution < -0.4 is 5.32 Å². The number of unbranched alkanes of at least 4 members (excludes halogenated alkanes) is 2. The second-order valence-corrected chi connectivity index (χ2v) is 6.59. The number of hydrogen-bond acceptors (Lipinski definition) is 4.